The molecule has 0 radical (unpaired) electrons. The Morgan fingerprint density at radius 3 is 2.40 bits per heavy atom. The number of sulfonamides is 1. The number of aromatic nitrogens is 2. The summed E-state index contributed by atoms with van der Waals surface area (Å²) in [7, 11) is -1.21. The first-order valence-corrected chi connectivity index (χ1v) is 8.39. The maximum absolute atomic E-state index is 12.5. The van der Waals surface area contributed by atoms with E-state index in [2.05, 4.69) is 26.6 Å². The zero-order valence-electron chi connectivity index (χ0n) is 13.5. The molecular formula is C15H16N4O5S. The summed E-state index contributed by atoms with van der Waals surface area (Å²) in [5.41, 5.74) is 0.435. The predicted octanol–water partition coefficient (Wildman–Crippen LogP) is 1.42. The van der Waals surface area contributed by atoms with E-state index in [4.69, 9.17) is 9.47 Å². The Bertz CT molecular complexity index is 881. The Morgan fingerprint density at radius 1 is 1.16 bits per heavy atom. The van der Waals surface area contributed by atoms with E-state index in [-0.39, 0.29) is 22.3 Å². The number of rotatable bonds is 7. The molecule has 2 aromatic rings. The second-order valence-electron chi connectivity index (χ2n) is 4.59. The van der Waals surface area contributed by atoms with E-state index in [1.807, 2.05) is 0 Å². The highest BCUT2D eigenvalue weighted by atomic mass is 32.2. The van der Waals surface area contributed by atoms with Crippen LogP contribution in [0.15, 0.2) is 48.1 Å². The number of anilines is 2. The van der Waals surface area contributed by atoms with Crippen molar-refractivity contribution >= 4 is 27.4 Å². The van der Waals surface area contributed by atoms with Gasteiger partial charge in [-0.1, -0.05) is 6.58 Å². The highest BCUT2D eigenvalue weighted by molar-refractivity contribution is 7.92. The molecule has 0 aliphatic rings. The van der Waals surface area contributed by atoms with Gasteiger partial charge in [0.05, 0.1) is 19.1 Å². The Kier molecular flexibility index (Phi) is 5.55. The quantitative estimate of drug-likeness (QED) is 0.713. The summed E-state index contributed by atoms with van der Waals surface area (Å²) in [6.45, 7) is 3.34. The second kappa shape index (κ2) is 7.62. The molecule has 0 saturated carbocycles. The molecule has 0 atom stereocenters. The van der Waals surface area contributed by atoms with Gasteiger partial charge >= 0.3 is 0 Å². The highest BCUT2D eigenvalue weighted by Gasteiger charge is 2.20. The zero-order chi connectivity index (χ0) is 18.4. The van der Waals surface area contributed by atoms with Gasteiger partial charge in [-0.3, -0.25) is 9.52 Å². The number of carbonyl (C=O) groups excluding carboxylic acids is 1. The van der Waals surface area contributed by atoms with Crippen LogP contribution in [0.25, 0.3) is 0 Å². The molecule has 1 amide bonds. The topological polar surface area (TPSA) is 120 Å². The lowest BCUT2D eigenvalue weighted by molar-refractivity contribution is -0.111. The minimum absolute atomic E-state index is 0.0243. The van der Waals surface area contributed by atoms with Crippen LogP contribution in [0, 0.1) is 0 Å². The van der Waals surface area contributed by atoms with Crippen molar-refractivity contribution in [2.45, 2.75) is 4.90 Å². The molecule has 9 nitrogen and oxygen atoms in total. The Morgan fingerprint density at radius 2 is 1.84 bits per heavy atom. The van der Waals surface area contributed by atoms with E-state index >= 15 is 0 Å². The summed E-state index contributed by atoms with van der Waals surface area (Å²) in [6, 6.07) is 5.58. The van der Waals surface area contributed by atoms with Crippen LogP contribution in [0.1, 0.15) is 0 Å². The smallest absolute Gasteiger partial charge is 0.263 e. The van der Waals surface area contributed by atoms with Crippen LogP contribution in [0.5, 0.6) is 11.6 Å². The van der Waals surface area contributed by atoms with Crippen molar-refractivity contribution in [1.82, 2.24) is 9.97 Å². The molecule has 1 aromatic carbocycles. The number of carbonyl (C=O) groups is 1. The maximum Gasteiger partial charge on any atom is 0.263 e. The largest absolute Gasteiger partial charge is 0.489 e. The molecule has 0 unspecified atom stereocenters. The van der Waals surface area contributed by atoms with Gasteiger partial charge < -0.3 is 14.8 Å². The fourth-order valence-electron chi connectivity index (χ4n) is 1.86. The minimum Gasteiger partial charge on any atom is -0.489 e. The predicted molar refractivity (Wildman–Crippen MR) is 91.2 cm³/mol. The van der Waals surface area contributed by atoms with Crippen molar-refractivity contribution in [2.75, 3.05) is 24.3 Å². The average Bonchev–Trinajstić information content (AvgIpc) is 2.61. The molecule has 10 heteroatoms. The third-order valence-electron chi connectivity index (χ3n) is 3.02. The SMILES string of the molecule is C=CC(=O)Nc1ccc(S(=O)(=O)Nc2ncnc(OC)c2OC)cc1. The summed E-state index contributed by atoms with van der Waals surface area (Å²) in [5, 5.41) is 2.52. The van der Waals surface area contributed by atoms with Crippen LogP contribution in [0.2, 0.25) is 0 Å². The van der Waals surface area contributed by atoms with Crippen LogP contribution in [-0.4, -0.2) is 38.5 Å². The molecular weight excluding hydrogens is 348 g/mol. The summed E-state index contributed by atoms with van der Waals surface area (Å²) in [5.74, 6) is -0.300. The van der Waals surface area contributed by atoms with Crippen LogP contribution >= 0.6 is 0 Å². The number of nitrogens with one attached hydrogen (secondary N) is 2. The van der Waals surface area contributed by atoms with Crippen molar-refractivity contribution in [1.29, 1.82) is 0 Å². The van der Waals surface area contributed by atoms with Gasteiger partial charge in [0.15, 0.2) is 5.82 Å². The summed E-state index contributed by atoms with van der Waals surface area (Å²) >= 11 is 0. The van der Waals surface area contributed by atoms with Crippen LogP contribution < -0.4 is 19.5 Å². The molecule has 0 saturated heterocycles. The molecule has 2 N–H and O–H groups in total. The third-order valence-corrected chi connectivity index (χ3v) is 4.37. The number of methoxy groups -OCH3 is 2. The summed E-state index contributed by atoms with van der Waals surface area (Å²) in [6.07, 6.45) is 2.26. The van der Waals surface area contributed by atoms with E-state index in [9.17, 15) is 13.2 Å². The number of ether oxygens (including phenoxy) is 2. The van der Waals surface area contributed by atoms with Crippen molar-refractivity contribution < 1.29 is 22.7 Å². The van der Waals surface area contributed by atoms with E-state index in [0.717, 1.165) is 12.4 Å². The first-order valence-electron chi connectivity index (χ1n) is 6.90. The van der Waals surface area contributed by atoms with Gasteiger partial charge in [-0.2, -0.15) is 4.98 Å². The van der Waals surface area contributed by atoms with Crippen molar-refractivity contribution in [3.8, 4) is 11.6 Å². The van der Waals surface area contributed by atoms with Gasteiger partial charge in [0, 0.05) is 5.69 Å². The van der Waals surface area contributed by atoms with E-state index < -0.39 is 15.9 Å². The number of nitrogens with zero attached hydrogens (tertiary/aromatic N) is 2. The Hall–Kier alpha value is -3.14. The Balaban J connectivity index is 2.28. The number of hydrogen-bond acceptors (Lipinski definition) is 7. The van der Waals surface area contributed by atoms with Crippen molar-refractivity contribution in [3.05, 3.63) is 43.2 Å². The Labute approximate surface area is 144 Å². The summed E-state index contributed by atoms with van der Waals surface area (Å²) in [4.78, 5) is 18.9. The molecule has 0 aliphatic carbocycles. The second-order valence-corrected chi connectivity index (χ2v) is 6.27. The fourth-order valence-corrected chi connectivity index (χ4v) is 2.87. The van der Waals surface area contributed by atoms with Crippen LogP contribution in [0.4, 0.5) is 11.5 Å². The lowest BCUT2D eigenvalue weighted by atomic mass is 10.3. The van der Waals surface area contributed by atoms with Gasteiger partial charge in [-0.25, -0.2) is 13.4 Å². The van der Waals surface area contributed by atoms with Gasteiger partial charge in [-0.05, 0) is 30.3 Å². The zero-order valence-corrected chi connectivity index (χ0v) is 14.3. The molecule has 132 valence electrons. The number of hydrogen-bond donors (Lipinski definition) is 2. The average molecular weight is 364 g/mol. The number of amides is 1. The molecule has 25 heavy (non-hydrogen) atoms. The molecule has 1 heterocycles. The molecule has 1 aromatic heterocycles. The normalized spacial score (nSPS) is 10.6. The minimum atomic E-state index is -3.93. The third kappa shape index (κ3) is 4.23. The molecule has 0 bridgehead atoms. The maximum atomic E-state index is 12.5. The van der Waals surface area contributed by atoms with Crippen LogP contribution in [0.3, 0.4) is 0 Å². The first kappa shape index (κ1) is 18.2. The monoisotopic (exact) mass is 364 g/mol. The fraction of sp³-hybridized carbons (Fsp3) is 0.133. The molecule has 0 spiro atoms. The molecule has 2 rings (SSSR count). The lowest BCUT2D eigenvalue weighted by Crippen LogP contribution is -2.15. The van der Waals surface area contributed by atoms with Crippen molar-refractivity contribution in [2.24, 2.45) is 0 Å². The highest BCUT2D eigenvalue weighted by Crippen LogP contribution is 2.32. The molecule has 0 fully saturated rings. The van der Waals surface area contributed by atoms with E-state index in [1.54, 1.807) is 0 Å². The van der Waals surface area contributed by atoms with Crippen LogP contribution in [-0.2, 0) is 14.8 Å². The van der Waals surface area contributed by atoms with E-state index in [1.165, 1.54) is 38.5 Å². The number of benzene rings is 1. The standard InChI is InChI=1S/C15H16N4O5S/c1-4-12(20)18-10-5-7-11(8-6-10)25(21,22)19-14-13(23-2)15(24-3)17-9-16-14/h4-9H,1H2,2-3H3,(H,18,20)(H,16,17,19). The first-order chi connectivity index (χ1) is 11.9. The lowest BCUT2D eigenvalue weighted by Gasteiger charge is -2.12. The van der Waals surface area contributed by atoms with Gasteiger partial charge in [0.1, 0.15) is 6.33 Å². The van der Waals surface area contributed by atoms with Gasteiger partial charge in [0.2, 0.25) is 11.7 Å². The molecule has 0 aliphatic heterocycles. The van der Waals surface area contributed by atoms with Crippen molar-refractivity contribution in [3.63, 3.8) is 0 Å². The van der Waals surface area contributed by atoms with E-state index in [0.29, 0.717) is 5.69 Å². The van der Waals surface area contributed by atoms with Gasteiger partial charge in [0.25, 0.3) is 15.9 Å². The van der Waals surface area contributed by atoms with Gasteiger partial charge in [-0.15, -0.1) is 0 Å². The summed E-state index contributed by atoms with van der Waals surface area (Å²) < 4.78 is 37.4.